The van der Waals surface area contributed by atoms with Crippen molar-refractivity contribution in [3.05, 3.63) is 0 Å². The summed E-state index contributed by atoms with van der Waals surface area (Å²) in [5.41, 5.74) is 0. The van der Waals surface area contributed by atoms with Crippen LogP contribution in [0.15, 0.2) is 4.99 Å². The Bertz CT molecular complexity index is 417. The van der Waals surface area contributed by atoms with Crippen molar-refractivity contribution in [2.24, 2.45) is 4.99 Å². The number of nitrogens with zero attached hydrogens (tertiary/aromatic N) is 2. The lowest BCUT2D eigenvalue weighted by molar-refractivity contribution is 0.408. The molecule has 6 nitrogen and oxygen atoms in total. The number of aliphatic imine (C=N–C) groups is 1. The molecule has 9 heteroatoms. The van der Waals surface area contributed by atoms with Crippen LogP contribution >= 0.6 is 35.7 Å². The van der Waals surface area contributed by atoms with Crippen molar-refractivity contribution in [1.29, 1.82) is 0 Å². The van der Waals surface area contributed by atoms with Gasteiger partial charge in [-0.25, -0.2) is 13.1 Å². The first-order valence-corrected chi connectivity index (χ1v) is 9.77. The Labute approximate surface area is 150 Å². The van der Waals surface area contributed by atoms with E-state index in [1.54, 1.807) is 14.0 Å². The molecule has 1 rings (SSSR count). The Morgan fingerprint density at radius 1 is 1.38 bits per heavy atom. The molecule has 1 saturated heterocycles. The Morgan fingerprint density at radius 2 is 2.10 bits per heavy atom. The Balaban J connectivity index is 0.00000400. The van der Waals surface area contributed by atoms with E-state index >= 15 is 0 Å². The average Bonchev–Trinajstić information content (AvgIpc) is 2.47. The number of guanidine groups is 1. The number of halogens is 1. The van der Waals surface area contributed by atoms with E-state index in [1.165, 1.54) is 0 Å². The first-order valence-electron chi connectivity index (χ1n) is 7.07. The molecule has 0 aromatic heterocycles. The highest BCUT2D eigenvalue weighted by atomic mass is 127. The second-order valence-electron chi connectivity index (χ2n) is 4.62. The van der Waals surface area contributed by atoms with Crippen molar-refractivity contribution in [3.63, 3.8) is 0 Å². The van der Waals surface area contributed by atoms with Gasteiger partial charge in [0.1, 0.15) is 0 Å². The van der Waals surface area contributed by atoms with Crippen LogP contribution in [0.25, 0.3) is 0 Å². The van der Waals surface area contributed by atoms with Crippen molar-refractivity contribution < 1.29 is 8.42 Å². The number of nitrogens with one attached hydrogen (secondary N) is 2. The summed E-state index contributed by atoms with van der Waals surface area (Å²) in [6.07, 6.45) is 1.16. The third-order valence-electron chi connectivity index (χ3n) is 3.22. The molecule has 0 spiro atoms. The van der Waals surface area contributed by atoms with Crippen LogP contribution in [0.5, 0.6) is 0 Å². The van der Waals surface area contributed by atoms with Crippen LogP contribution in [0.3, 0.4) is 0 Å². The lowest BCUT2D eigenvalue weighted by Gasteiger charge is -2.34. The quantitative estimate of drug-likeness (QED) is 0.273. The van der Waals surface area contributed by atoms with Gasteiger partial charge in [-0.2, -0.15) is 11.8 Å². The topological polar surface area (TPSA) is 73.8 Å². The SMILES string of the molecule is CCC1CN(C(=NC)NCCNS(=O)(=O)CC)CCS1.I. The number of hydrogen-bond acceptors (Lipinski definition) is 4. The van der Waals surface area contributed by atoms with Crippen LogP contribution in [-0.4, -0.2) is 69.3 Å². The van der Waals surface area contributed by atoms with Gasteiger partial charge in [0.25, 0.3) is 0 Å². The van der Waals surface area contributed by atoms with Gasteiger partial charge < -0.3 is 10.2 Å². The van der Waals surface area contributed by atoms with Crippen molar-refractivity contribution in [2.75, 3.05) is 44.7 Å². The summed E-state index contributed by atoms with van der Waals surface area (Å²) in [5.74, 6) is 2.09. The van der Waals surface area contributed by atoms with Gasteiger partial charge in [0.2, 0.25) is 10.0 Å². The summed E-state index contributed by atoms with van der Waals surface area (Å²) in [7, 11) is -1.34. The molecule has 0 aromatic carbocycles. The van der Waals surface area contributed by atoms with E-state index in [1.807, 2.05) is 11.8 Å². The number of rotatable bonds is 6. The molecule has 1 aliphatic heterocycles. The summed E-state index contributed by atoms with van der Waals surface area (Å²) in [4.78, 5) is 6.53. The molecule has 126 valence electrons. The van der Waals surface area contributed by atoms with Gasteiger partial charge in [-0.15, -0.1) is 24.0 Å². The van der Waals surface area contributed by atoms with Crippen LogP contribution in [0.2, 0.25) is 0 Å². The number of sulfonamides is 1. The monoisotopic (exact) mass is 450 g/mol. The van der Waals surface area contributed by atoms with E-state index in [-0.39, 0.29) is 29.7 Å². The van der Waals surface area contributed by atoms with E-state index in [4.69, 9.17) is 0 Å². The van der Waals surface area contributed by atoms with Gasteiger partial charge >= 0.3 is 0 Å². The third-order valence-corrected chi connectivity index (χ3v) is 5.99. The van der Waals surface area contributed by atoms with Crippen molar-refractivity contribution >= 4 is 51.7 Å². The average molecular weight is 450 g/mol. The molecular formula is C12H27IN4O2S2. The Hall–Kier alpha value is 0.260. The standard InChI is InChI=1S/C12H26N4O2S2.HI/c1-4-11-10-16(8-9-19-11)12(13-3)14-6-7-15-20(17,18)5-2;/h11,15H,4-10H2,1-3H3,(H,13,14);1H. The predicted molar refractivity (Wildman–Crippen MR) is 102 cm³/mol. The highest BCUT2D eigenvalue weighted by molar-refractivity contribution is 14.0. The summed E-state index contributed by atoms with van der Waals surface area (Å²) < 4.78 is 25.2. The maximum absolute atomic E-state index is 11.3. The predicted octanol–water partition coefficient (Wildman–Crippen LogP) is 0.947. The second kappa shape index (κ2) is 10.9. The van der Waals surface area contributed by atoms with Crippen molar-refractivity contribution in [2.45, 2.75) is 25.5 Å². The number of hydrogen-bond donors (Lipinski definition) is 2. The second-order valence-corrected chi connectivity index (χ2v) is 8.12. The van der Waals surface area contributed by atoms with Gasteiger partial charge in [0.05, 0.1) is 5.75 Å². The Kier molecular flexibility index (Phi) is 11.0. The molecule has 0 bridgehead atoms. The van der Waals surface area contributed by atoms with Crippen LogP contribution in [0.4, 0.5) is 0 Å². The van der Waals surface area contributed by atoms with Gasteiger partial charge in [-0.3, -0.25) is 4.99 Å². The molecule has 0 radical (unpaired) electrons. The summed E-state index contributed by atoms with van der Waals surface area (Å²) in [6, 6.07) is 0. The zero-order valence-corrected chi connectivity index (χ0v) is 16.9. The molecule has 0 amide bonds. The first kappa shape index (κ1) is 21.3. The fourth-order valence-electron chi connectivity index (χ4n) is 1.97. The molecule has 21 heavy (non-hydrogen) atoms. The van der Waals surface area contributed by atoms with Gasteiger partial charge in [0.15, 0.2) is 5.96 Å². The molecule has 1 heterocycles. The van der Waals surface area contributed by atoms with Crippen molar-refractivity contribution in [3.8, 4) is 0 Å². The third kappa shape index (κ3) is 7.89. The van der Waals surface area contributed by atoms with Gasteiger partial charge in [-0.1, -0.05) is 6.92 Å². The fraction of sp³-hybridized carbons (Fsp3) is 0.917. The van der Waals surface area contributed by atoms with Crippen LogP contribution in [0, 0.1) is 0 Å². The molecule has 0 aliphatic carbocycles. The first-order chi connectivity index (χ1) is 9.52. The largest absolute Gasteiger partial charge is 0.355 e. The Morgan fingerprint density at radius 3 is 2.67 bits per heavy atom. The molecule has 2 N–H and O–H groups in total. The molecule has 1 atom stereocenters. The van der Waals surface area contributed by atoms with Gasteiger partial charge in [0, 0.05) is 44.2 Å². The van der Waals surface area contributed by atoms with Gasteiger partial charge in [-0.05, 0) is 13.3 Å². The molecule has 1 aliphatic rings. The van der Waals surface area contributed by atoms with E-state index in [0.29, 0.717) is 18.3 Å². The highest BCUT2D eigenvalue weighted by Gasteiger charge is 2.21. The van der Waals surface area contributed by atoms with Crippen LogP contribution in [0.1, 0.15) is 20.3 Å². The zero-order chi connectivity index (χ0) is 15.0. The van der Waals surface area contributed by atoms with Crippen LogP contribution in [-0.2, 0) is 10.0 Å². The summed E-state index contributed by atoms with van der Waals surface area (Å²) in [5, 5.41) is 3.87. The normalized spacial score (nSPS) is 20.0. The maximum Gasteiger partial charge on any atom is 0.211 e. The van der Waals surface area contributed by atoms with Crippen LogP contribution < -0.4 is 10.0 Å². The lowest BCUT2D eigenvalue weighted by atomic mass is 10.3. The molecular weight excluding hydrogens is 423 g/mol. The van der Waals surface area contributed by atoms with E-state index < -0.39 is 10.0 Å². The molecule has 1 unspecified atom stereocenters. The number of thioether (sulfide) groups is 1. The smallest absolute Gasteiger partial charge is 0.211 e. The lowest BCUT2D eigenvalue weighted by Crippen LogP contribution is -2.49. The fourth-order valence-corrected chi connectivity index (χ4v) is 3.77. The minimum atomic E-state index is -3.11. The molecule has 0 aromatic rings. The van der Waals surface area contributed by atoms with E-state index in [0.717, 1.165) is 31.2 Å². The molecule has 1 fully saturated rings. The highest BCUT2D eigenvalue weighted by Crippen LogP contribution is 2.20. The summed E-state index contributed by atoms with van der Waals surface area (Å²) in [6.45, 7) is 6.76. The molecule has 0 saturated carbocycles. The minimum absolute atomic E-state index is 0. The maximum atomic E-state index is 11.3. The zero-order valence-electron chi connectivity index (χ0n) is 13.0. The van der Waals surface area contributed by atoms with E-state index in [2.05, 4.69) is 26.9 Å². The minimum Gasteiger partial charge on any atom is -0.355 e. The summed E-state index contributed by atoms with van der Waals surface area (Å²) >= 11 is 2.01. The van der Waals surface area contributed by atoms with Crippen molar-refractivity contribution in [1.82, 2.24) is 14.9 Å². The van der Waals surface area contributed by atoms with E-state index in [9.17, 15) is 8.42 Å².